The number of hydrogen-bond acceptors (Lipinski definition) is 3. The Balaban J connectivity index is 1.82. The van der Waals surface area contributed by atoms with Crippen molar-refractivity contribution in [2.45, 2.75) is 0 Å². The predicted octanol–water partition coefficient (Wildman–Crippen LogP) is 3.13. The van der Waals surface area contributed by atoms with Crippen LogP contribution < -0.4 is 10.1 Å². The molecule has 0 saturated heterocycles. The van der Waals surface area contributed by atoms with Crippen molar-refractivity contribution in [3.63, 3.8) is 0 Å². The Labute approximate surface area is 145 Å². The van der Waals surface area contributed by atoms with E-state index in [2.05, 4.69) is 10.3 Å². The van der Waals surface area contributed by atoms with Gasteiger partial charge in [0.15, 0.2) is 0 Å². The maximum absolute atomic E-state index is 12.5. The fourth-order valence-electron chi connectivity index (χ4n) is 2.54. The fraction of sp³-hybridized carbons (Fsp3) is 0.158. The van der Waals surface area contributed by atoms with E-state index in [1.165, 1.54) is 4.90 Å². The molecule has 0 bridgehead atoms. The summed E-state index contributed by atoms with van der Waals surface area (Å²) in [5.74, 6) is 0.328. The Hall–Kier alpha value is -3.28. The Morgan fingerprint density at radius 2 is 1.88 bits per heavy atom. The van der Waals surface area contributed by atoms with Gasteiger partial charge in [0, 0.05) is 42.3 Å². The summed E-state index contributed by atoms with van der Waals surface area (Å²) in [5.41, 5.74) is 2.34. The maximum atomic E-state index is 12.5. The van der Waals surface area contributed by atoms with E-state index < -0.39 is 0 Å². The first-order valence-electron chi connectivity index (χ1n) is 7.78. The minimum Gasteiger partial charge on any atom is -0.497 e. The average Bonchev–Trinajstić information content (AvgIpc) is 3.04. The first-order chi connectivity index (χ1) is 12.0. The minimum absolute atomic E-state index is 0.117. The van der Waals surface area contributed by atoms with Crippen molar-refractivity contribution in [2.75, 3.05) is 26.5 Å². The van der Waals surface area contributed by atoms with Gasteiger partial charge in [0.2, 0.25) is 0 Å². The van der Waals surface area contributed by atoms with Crippen LogP contribution in [-0.4, -0.2) is 42.9 Å². The van der Waals surface area contributed by atoms with E-state index in [1.807, 2.05) is 18.2 Å². The molecule has 3 aromatic rings. The summed E-state index contributed by atoms with van der Waals surface area (Å²) in [6.07, 6.45) is 0. The highest BCUT2D eigenvalue weighted by molar-refractivity contribution is 6.06. The molecule has 0 aliphatic heterocycles. The summed E-state index contributed by atoms with van der Waals surface area (Å²) < 4.78 is 5.19. The molecule has 0 unspecified atom stereocenters. The number of nitrogens with one attached hydrogen (secondary N) is 2. The number of carbonyl (C=O) groups is 2. The lowest BCUT2D eigenvalue weighted by Crippen LogP contribution is -2.22. The number of aromatic amines is 1. The van der Waals surface area contributed by atoms with Crippen molar-refractivity contribution in [1.82, 2.24) is 9.88 Å². The third-order valence-electron chi connectivity index (χ3n) is 3.85. The van der Waals surface area contributed by atoms with Gasteiger partial charge in [-0.3, -0.25) is 9.59 Å². The fourth-order valence-corrected chi connectivity index (χ4v) is 2.54. The number of hydrogen-bond donors (Lipinski definition) is 2. The number of aromatic nitrogens is 1. The number of rotatable bonds is 4. The highest BCUT2D eigenvalue weighted by Crippen LogP contribution is 2.22. The standard InChI is InChI=1S/C19H19N3O3/c1-22(2)19(24)13-5-4-6-14(9-13)20-18(23)17-10-12-7-8-15(25-3)11-16(12)21-17/h4-11,21H,1-3H3,(H,20,23). The van der Waals surface area contributed by atoms with Crippen LogP contribution in [-0.2, 0) is 0 Å². The van der Waals surface area contributed by atoms with Crippen LogP contribution in [0.5, 0.6) is 5.75 Å². The van der Waals surface area contributed by atoms with E-state index in [1.54, 1.807) is 51.5 Å². The number of nitrogens with zero attached hydrogens (tertiary/aromatic N) is 1. The lowest BCUT2D eigenvalue weighted by molar-refractivity contribution is 0.0827. The highest BCUT2D eigenvalue weighted by Gasteiger charge is 2.12. The lowest BCUT2D eigenvalue weighted by Gasteiger charge is -2.11. The van der Waals surface area contributed by atoms with Gasteiger partial charge in [-0.1, -0.05) is 6.07 Å². The molecule has 2 aromatic carbocycles. The summed E-state index contributed by atoms with van der Waals surface area (Å²) >= 11 is 0. The molecule has 2 N–H and O–H groups in total. The van der Waals surface area contributed by atoms with E-state index in [0.29, 0.717) is 16.9 Å². The van der Waals surface area contributed by atoms with Crippen molar-refractivity contribution in [1.29, 1.82) is 0 Å². The van der Waals surface area contributed by atoms with E-state index in [0.717, 1.165) is 16.7 Å². The van der Waals surface area contributed by atoms with Crippen LogP contribution in [0.25, 0.3) is 10.9 Å². The minimum atomic E-state index is -0.274. The molecule has 1 heterocycles. The number of ether oxygens (including phenoxy) is 1. The molecule has 0 saturated carbocycles. The van der Waals surface area contributed by atoms with Gasteiger partial charge in [0.05, 0.1) is 7.11 Å². The SMILES string of the molecule is COc1ccc2cc(C(=O)Nc3cccc(C(=O)N(C)C)c3)[nH]c2c1. The third-order valence-corrected chi connectivity index (χ3v) is 3.85. The number of carbonyl (C=O) groups excluding carboxylic acids is 2. The van der Waals surface area contributed by atoms with Crippen LogP contribution in [0.3, 0.4) is 0 Å². The van der Waals surface area contributed by atoms with E-state index in [-0.39, 0.29) is 11.8 Å². The third kappa shape index (κ3) is 3.47. The summed E-state index contributed by atoms with van der Waals surface area (Å²) in [4.78, 5) is 29.1. The second-order valence-corrected chi connectivity index (χ2v) is 5.87. The number of fused-ring (bicyclic) bond motifs is 1. The molecule has 0 aliphatic rings. The average molecular weight is 337 g/mol. The van der Waals surface area contributed by atoms with E-state index in [9.17, 15) is 9.59 Å². The molecule has 6 nitrogen and oxygen atoms in total. The van der Waals surface area contributed by atoms with Gasteiger partial charge < -0.3 is 19.9 Å². The Morgan fingerprint density at radius 1 is 1.08 bits per heavy atom. The summed E-state index contributed by atoms with van der Waals surface area (Å²) in [7, 11) is 4.97. The quantitative estimate of drug-likeness (QED) is 0.768. The number of benzene rings is 2. The van der Waals surface area contributed by atoms with Gasteiger partial charge in [0.25, 0.3) is 11.8 Å². The summed E-state index contributed by atoms with van der Waals surface area (Å²) in [5, 5.41) is 3.73. The first-order valence-corrected chi connectivity index (χ1v) is 7.78. The van der Waals surface area contributed by atoms with Crippen LogP contribution in [0.1, 0.15) is 20.8 Å². The van der Waals surface area contributed by atoms with Gasteiger partial charge in [-0.25, -0.2) is 0 Å². The second-order valence-electron chi connectivity index (χ2n) is 5.87. The van der Waals surface area contributed by atoms with Crippen molar-refractivity contribution < 1.29 is 14.3 Å². The molecule has 6 heteroatoms. The van der Waals surface area contributed by atoms with Gasteiger partial charge in [-0.05, 0) is 36.4 Å². The highest BCUT2D eigenvalue weighted by atomic mass is 16.5. The van der Waals surface area contributed by atoms with Crippen molar-refractivity contribution in [2.24, 2.45) is 0 Å². The normalized spacial score (nSPS) is 10.5. The molecular weight excluding hydrogens is 318 g/mol. The summed E-state index contributed by atoms with van der Waals surface area (Å²) in [6, 6.07) is 14.2. The van der Waals surface area contributed by atoms with Crippen LogP contribution in [0, 0.1) is 0 Å². The smallest absolute Gasteiger partial charge is 0.272 e. The van der Waals surface area contributed by atoms with Gasteiger partial charge in [-0.2, -0.15) is 0 Å². The second kappa shape index (κ2) is 6.68. The zero-order valence-corrected chi connectivity index (χ0v) is 14.3. The van der Waals surface area contributed by atoms with Crippen LogP contribution in [0.2, 0.25) is 0 Å². The maximum Gasteiger partial charge on any atom is 0.272 e. The molecule has 0 spiro atoms. The predicted molar refractivity (Wildman–Crippen MR) is 97.3 cm³/mol. The van der Waals surface area contributed by atoms with Crippen molar-refractivity contribution >= 4 is 28.4 Å². The molecule has 2 amide bonds. The first kappa shape index (κ1) is 16.6. The molecule has 0 fully saturated rings. The largest absolute Gasteiger partial charge is 0.497 e. The Kier molecular flexibility index (Phi) is 4.43. The van der Waals surface area contributed by atoms with E-state index >= 15 is 0 Å². The van der Waals surface area contributed by atoms with Gasteiger partial charge >= 0.3 is 0 Å². The zero-order valence-electron chi connectivity index (χ0n) is 14.3. The monoisotopic (exact) mass is 337 g/mol. The number of methoxy groups -OCH3 is 1. The Bertz CT molecular complexity index is 944. The van der Waals surface area contributed by atoms with Crippen LogP contribution in [0.15, 0.2) is 48.5 Å². The van der Waals surface area contributed by atoms with Gasteiger partial charge in [0.1, 0.15) is 11.4 Å². The molecule has 0 atom stereocenters. The molecule has 0 radical (unpaired) electrons. The molecule has 0 aliphatic carbocycles. The molecule has 25 heavy (non-hydrogen) atoms. The summed E-state index contributed by atoms with van der Waals surface area (Å²) in [6.45, 7) is 0. The lowest BCUT2D eigenvalue weighted by atomic mass is 10.2. The van der Waals surface area contributed by atoms with Crippen molar-refractivity contribution in [3.8, 4) is 5.75 Å². The molecular formula is C19H19N3O3. The Morgan fingerprint density at radius 3 is 2.60 bits per heavy atom. The molecule has 3 rings (SSSR count). The number of H-pyrrole nitrogens is 1. The molecule has 128 valence electrons. The number of amides is 2. The van der Waals surface area contributed by atoms with Crippen molar-refractivity contribution in [3.05, 3.63) is 59.8 Å². The van der Waals surface area contributed by atoms with E-state index in [4.69, 9.17) is 4.74 Å². The molecule has 1 aromatic heterocycles. The topological polar surface area (TPSA) is 74.4 Å². The zero-order chi connectivity index (χ0) is 18.0. The van der Waals surface area contributed by atoms with Gasteiger partial charge in [-0.15, -0.1) is 0 Å². The van der Waals surface area contributed by atoms with Crippen LogP contribution >= 0.6 is 0 Å². The van der Waals surface area contributed by atoms with Crippen LogP contribution in [0.4, 0.5) is 5.69 Å². The number of anilines is 1.